The van der Waals surface area contributed by atoms with Gasteiger partial charge in [0.05, 0.1) is 12.2 Å². The summed E-state index contributed by atoms with van der Waals surface area (Å²) in [5, 5.41) is 4.59. The maximum atomic E-state index is 13.8. The standard InChI is InChI=1S/C22H26FN3O2S/c23-16-7-6-15-2-1-3-19-20(18(15)12-16)25-21(29-19)24-17-8-4-14(5-9-17)13-26-10-11-28-22(26)27/h6-7,12,14,17H,1-5,8-11,13H2,(H,24,25)/t14-,17-. The van der Waals surface area contributed by atoms with Crippen LogP contribution in [-0.4, -0.2) is 41.7 Å². The zero-order valence-electron chi connectivity index (χ0n) is 16.5. The van der Waals surface area contributed by atoms with E-state index >= 15 is 0 Å². The summed E-state index contributed by atoms with van der Waals surface area (Å²) in [6.45, 7) is 2.07. The molecular formula is C22H26FN3O2S. The molecule has 1 amide bonds. The summed E-state index contributed by atoms with van der Waals surface area (Å²) in [6.07, 6.45) is 7.30. The summed E-state index contributed by atoms with van der Waals surface area (Å²) in [5.41, 5.74) is 3.12. The highest BCUT2D eigenvalue weighted by Gasteiger charge is 2.29. The third-order valence-electron chi connectivity index (χ3n) is 6.37. The van der Waals surface area contributed by atoms with Crippen molar-refractivity contribution in [3.63, 3.8) is 0 Å². The van der Waals surface area contributed by atoms with Gasteiger partial charge in [-0.25, -0.2) is 14.2 Å². The van der Waals surface area contributed by atoms with Crippen molar-refractivity contribution in [2.45, 2.75) is 51.0 Å². The lowest BCUT2D eigenvalue weighted by Gasteiger charge is -2.30. The molecule has 154 valence electrons. The number of hydrogen-bond acceptors (Lipinski definition) is 5. The molecule has 2 heterocycles. The molecule has 7 heteroatoms. The topological polar surface area (TPSA) is 54.5 Å². The molecule has 2 aromatic rings. The molecule has 1 N–H and O–H groups in total. The van der Waals surface area contributed by atoms with E-state index in [0.29, 0.717) is 18.6 Å². The smallest absolute Gasteiger partial charge is 0.409 e. The lowest BCUT2D eigenvalue weighted by atomic mass is 9.86. The Labute approximate surface area is 174 Å². The lowest BCUT2D eigenvalue weighted by molar-refractivity contribution is 0.150. The van der Waals surface area contributed by atoms with E-state index in [2.05, 4.69) is 5.32 Å². The van der Waals surface area contributed by atoms with Gasteiger partial charge < -0.3 is 15.0 Å². The molecule has 3 aliphatic rings. The molecule has 1 saturated heterocycles. The van der Waals surface area contributed by atoms with E-state index in [0.717, 1.165) is 74.4 Å². The number of ether oxygens (including phenoxy) is 1. The summed E-state index contributed by atoms with van der Waals surface area (Å²) in [6, 6.07) is 5.51. The number of thiazole rings is 1. The van der Waals surface area contributed by atoms with Gasteiger partial charge in [-0.05, 0) is 68.6 Å². The molecule has 0 spiro atoms. The summed E-state index contributed by atoms with van der Waals surface area (Å²) in [7, 11) is 0. The van der Waals surface area contributed by atoms with Gasteiger partial charge in [-0.1, -0.05) is 6.07 Å². The van der Waals surface area contributed by atoms with E-state index in [4.69, 9.17) is 9.72 Å². The SMILES string of the molecule is O=C1OCCN1C[C@H]1CC[C@H](Nc2nc3c(s2)CCCc2ccc(F)cc2-3)CC1. The summed E-state index contributed by atoms with van der Waals surface area (Å²) in [5.74, 6) is 0.362. The van der Waals surface area contributed by atoms with Crippen LogP contribution in [0.3, 0.4) is 0 Å². The van der Waals surface area contributed by atoms with Gasteiger partial charge in [0.1, 0.15) is 12.4 Å². The highest BCUT2D eigenvalue weighted by Crippen LogP contribution is 2.38. The Morgan fingerprint density at radius 1 is 1.24 bits per heavy atom. The summed E-state index contributed by atoms with van der Waals surface area (Å²) in [4.78, 5) is 19.6. The van der Waals surface area contributed by atoms with E-state index in [-0.39, 0.29) is 11.9 Å². The van der Waals surface area contributed by atoms with Crippen LogP contribution in [0.15, 0.2) is 18.2 Å². The molecule has 1 saturated carbocycles. The fourth-order valence-corrected chi connectivity index (χ4v) is 5.88. The van der Waals surface area contributed by atoms with Gasteiger partial charge in [0, 0.05) is 23.0 Å². The van der Waals surface area contributed by atoms with Gasteiger partial charge in [-0.2, -0.15) is 0 Å². The minimum Gasteiger partial charge on any atom is -0.448 e. The number of amides is 1. The van der Waals surface area contributed by atoms with Crippen molar-refractivity contribution >= 4 is 22.6 Å². The third kappa shape index (κ3) is 3.97. The van der Waals surface area contributed by atoms with Crippen molar-refractivity contribution in [2.24, 2.45) is 5.92 Å². The van der Waals surface area contributed by atoms with Crippen LogP contribution in [0.5, 0.6) is 0 Å². The van der Waals surface area contributed by atoms with Crippen molar-refractivity contribution in [1.29, 1.82) is 0 Å². The fraction of sp³-hybridized carbons (Fsp3) is 0.545. The minimum absolute atomic E-state index is 0.161. The Balaban J connectivity index is 1.23. The molecule has 5 rings (SSSR count). The second-order valence-electron chi connectivity index (χ2n) is 8.37. The van der Waals surface area contributed by atoms with Gasteiger partial charge in [0.2, 0.25) is 0 Å². The van der Waals surface area contributed by atoms with Crippen molar-refractivity contribution in [1.82, 2.24) is 9.88 Å². The van der Waals surface area contributed by atoms with Gasteiger partial charge in [-0.15, -0.1) is 11.3 Å². The molecule has 0 radical (unpaired) electrons. The molecule has 2 aliphatic carbocycles. The second kappa shape index (κ2) is 7.94. The number of fused-ring (bicyclic) bond motifs is 3. The monoisotopic (exact) mass is 415 g/mol. The van der Waals surface area contributed by atoms with Crippen LogP contribution in [-0.2, 0) is 17.6 Å². The highest BCUT2D eigenvalue weighted by molar-refractivity contribution is 7.16. The average Bonchev–Trinajstić information content (AvgIpc) is 3.26. The first-order valence-corrected chi connectivity index (χ1v) is 11.4. The number of benzene rings is 1. The van der Waals surface area contributed by atoms with E-state index in [1.54, 1.807) is 23.5 Å². The van der Waals surface area contributed by atoms with Crippen LogP contribution in [0, 0.1) is 11.7 Å². The normalized spacial score (nSPS) is 23.9. The Morgan fingerprint density at radius 2 is 2.10 bits per heavy atom. The number of aryl methyl sites for hydroxylation is 2. The number of halogens is 1. The Kier molecular flexibility index (Phi) is 5.16. The first-order valence-electron chi connectivity index (χ1n) is 10.6. The Bertz CT molecular complexity index is 907. The number of nitrogens with one attached hydrogen (secondary N) is 1. The number of aromatic nitrogens is 1. The maximum Gasteiger partial charge on any atom is 0.409 e. The molecule has 2 fully saturated rings. The Morgan fingerprint density at radius 3 is 2.90 bits per heavy atom. The fourth-order valence-electron chi connectivity index (χ4n) is 4.79. The van der Waals surface area contributed by atoms with Crippen LogP contribution in [0.4, 0.5) is 14.3 Å². The molecule has 1 aliphatic heterocycles. The predicted molar refractivity (Wildman–Crippen MR) is 112 cm³/mol. The van der Waals surface area contributed by atoms with Crippen LogP contribution in [0.2, 0.25) is 0 Å². The molecule has 0 unspecified atom stereocenters. The number of cyclic esters (lactones) is 1. The molecule has 0 bridgehead atoms. The number of carbonyl (C=O) groups is 1. The van der Waals surface area contributed by atoms with E-state index in [1.165, 1.54) is 10.4 Å². The van der Waals surface area contributed by atoms with Crippen LogP contribution in [0.25, 0.3) is 11.3 Å². The van der Waals surface area contributed by atoms with E-state index in [9.17, 15) is 9.18 Å². The van der Waals surface area contributed by atoms with Crippen molar-refractivity contribution in [2.75, 3.05) is 25.0 Å². The Hall–Kier alpha value is -2.15. The van der Waals surface area contributed by atoms with Crippen molar-refractivity contribution < 1.29 is 13.9 Å². The van der Waals surface area contributed by atoms with Gasteiger partial charge in [0.15, 0.2) is 5.13 Å². The number of anilines is 1. The van der Waals surface area contributed by atoms with E-state index in [1.807, 2.05) is 11.0 Å². The summed E-state index contributed by atoms with van der Waals surface area (Å²) >= 11 is 1.72. The minimum atomic E-state index is -0.195. The predicted octanol–water partition coefficient (Wildman–Crippen LogP) is 4.86. The maximum absolute atomic E-state index is 13.8. The zero-order chi connectivity index (χ0) is 19.8. The number of hydrogen-bond donors (Lipinski definition) is 1. The van der Waals surface area contributed by atoms with Gasteiger partial charge in [-0.3, -0.25) is 0 Å². The average molecular weight is 416 g/mol. The highest BCUT2D eigenvalue weighted by atomic mass is 32.1. The number of rotatable bonds is 4. The van der Waals surface area contributed by atoms with Crippen LogP contribution >= 0.6 is 11.3 Å². The van der Waals surface area contributed by atoms with Gasteiger partial charge in [0.25, 0.3) is 0 Å². The first kappa shape index (κ1) is 18.9. The lowest BCUT2D eigenvalue weighted by Crippen LogP contribution is -2.34. The molecular weight excluding hydrogens is 389 g/mol. The zero-order valence-corrected chi connectivity index (χ0v) is 17.3. The van der Waals surface area contributed by atoms with Crippen LogP contribution < -0.4 is 5.32 Å². The number of carbonyl (C=O) groups excluding carboxylic acids is 1. The van der Waals surface area contributed by atoms with Crippen LogP contribution in [0.1, 0.15) is 42.5 Å². The molecule has 0 atom stereocenters. The molecule has 5 nitrogen and oxygen atoms in total. The second-order valence-corrected chi connectivity index (χ2v) is 9.45. The number of nitrogens with zero attached hydrogens (tertiary/aromatic N) is 2. The van der Waals surface area contributed by atoms with Gasteiger partial charge >= 0.3 is 6.09 Å². The quantitative estimate of drug-likeness (QED) is 0.775. The largest absolute Gasteiger partial charge is 0.448 e. The molecule has 1 aromatic heterocycles. The third-order valence-corrected chi connectivity index (χ3v) is 7.42. The van der Waals surface area contributed by atoms with E-state index < -0.39 is 0 Å². The first-order chi connectivity index (χ1) is 14.2. The molecule has 1 aromatic carbocycles. The van der Waals surface area contributed by atoms with Crippen molar-refractivity contribution in [3.05, 3.63) is 34.5 Å². The molecule has 29 heavy (non-hydrogen) atoms. The summed E-state index contributed by atoms with van der Waals surface area (Å²) < 4.78 is 18.9. The van der Waals surface area contributed by atoms with Crippen molar-refractivity contribution in [3.8, 4) is 11.3 Å².